The summed E-state index contributed by atoms with van der Waals surface area (Å²) in [5.74, 6) is -0.125. The number of nitro groups is 1. The van der Waals surface area contributed by atoms with E-state index in [9.17, 15) is 20.0 Å². The first-order chi connectivity index (χ1) is 9.62. The highest BCUT2D eigenvalue weighted by atomic mass is 16.6. The van der Waals surface area contributed by atoms with E-state index < -0.39 is 16.4 Å². The van der Waals surface area contributed by atoms with Gasteiger partial charge in [0.25, 0.3) is 11.6 Å². The van der Waals surface area contributed by atoms with Gasteiger partial charge >= 0.3 is 0 Å². The predicted octanol–water partition coefficient (Wildman–Crippen LogP) is 2.43. The summed E-state index contributed by atoms with van der Waals surface area (Å²) in [6.45, 7) is 7.35. The fraction of sp³-hybridized carbons (Fsp3) is 0.533. The minimum absolute atomic E-state index is 0.0865. The first kappa shape index (κ1) is 17.1. The fourth-order valence-electron chi connectivity index (χ4n) is 2.27. The molecule has 1 atom stereocenters. The Balaban J connectivity index is 2.77. The summed E-state index contributed by atoms with van der Waals surface area (Å²) in [6.07, 6.45) is 0.557. The Bertz CT molecular complexity index is 538. The molecule has 6 nitrogen and oxygen atoms in total. The van der Waals surface area contributed by atoms with Gasteiger partial charge in [0.2, 0.25) is 0 Å². The van der Waals surface area contributed by atoms with Crippen LogP contribution in [0.2, 0.25) is 0 Å². The number of aliphatic hydroxyl groups is 1. The van der Waals surface area contributed by atoms with Crippen LogP contribution in [-0.2, 0) is 0 Å². The van der Waals surface area contributed by atoms with Crippen molar-refractivity contribution in [1.82, 2.24) is 5.32 Å². The zero-order valence-electron chi connectivity index (χ0n) is 12.8. The molecule has 0 saturated carbocycles. The molecule has 0 fully saturated rings. The summed E-state index contributed by atoms with van der Waals surface area (Å²) in [7, 11) is 0. The van der Waals surface area contributed by atoms with Crippen LogP contribution in [0.4, 0.5) is 5.69 Å². The molecular formula is C15H22N2O4. The van der Waals surface area contributed by atoms with Gasteiger partial charge in [0.1, 0.15) is 0 Å². The van der Waals surface area contributed by atoms with Crippen molar-refractivity contribution in [3.63, 3.8) is 0 Å². The quantitative estimate of drug-likeness (QED) is 0.622. The highest BCUT2D eigenvalue weighted by Gasteiger charge is 2.23. The van der Waals surface area contributed by atoms with Crippen LogP contribution >= 0.6 is 0 Å². The van der Waals surface area contributed by atoms with Crippen LogP contribution in [0.1, 0.15) is 43.1 Å². The lowest BCUT2D eigenvalue weighted by atomic mass is 9.94. The van der Waals surface area contributed by atoms with E-state index in [2.05, 4.69) is 5.32 Å². The van der Waals surface area contributed by atoms with Gasteiger partial charge in [-0.2, -0.15) is 0 Å². The molecule has 2 N–H and O–H groups in total. The summed E-state index contributed by atoms with van der Waals surface area (Å²) in [6, 6.07) is 4.33. The third-order valence-electron chi connectivity index (χ3n) is 3.15. The molecule has 0 heterocycles. The summed E-state index contributed by atoms with van der Waals surface area (Å²) >= 11 is 0. The molecule has 0 spiro atoms. The normalized spacial score (nSPS) is 13.8. The van der Waals surface area contributed by atoms with Crippen molar-refractivity contribution >= 4 is 11.6 Å². The van der Waals surface area contributed by atoms with Gasteiger partial charge in [-0.15, -0.1) is 0 Å². The lowest BCUT2D eigenvalue weighted by molar-refractivity contribution is -0.385. The van der Waals surface area contributed by atoms with E-state index in [1.54, 1.807) is 19.9 Å². The van der Waals surface area contributed by atoms with Crippen molar-refractivity contribution in [1.29, 1.82) is 0 Å². The van der Waals surface area contributed by atoms with Crippen LogP contribution in [0.25, 0.3) is 0 Å². The number of nitro benzene ring substituents is 1. The van der Waals surface area contributed by atoms with E-state index in [1.807, 2.05) is 13.8 Å². The lowest BCUT2D eigenvalue weighted by Gasteiger charge is -2.25. The van der Waals surface area contributed by atoms with Gasteiger partial charge in [0.05, 0.1) is 10.5 Å². The van der Waals surface area contributed by atoms with Crippen LogP contribution in [0.3, 0.4) is 0 Å². The van der Waals surface area contributed by atoms with E-state index in [0.717, 1.165) is 0 Å². The molecule has 0 radical (unpaired) electrons. The van der Waals surface area contributed by atoms with Crippen LogP contribution in [0.15, 0.2) is 18.2 Å². The average Bonchev–Trinajstić information content (AvgIpc) is 2.34. The number of hydrogen-bond donors (Lipinski definition) is 2. The molecule has 1 rings (SSSR count). The number of carbonyl (C=O) groups is 1. The van der Waals surface area contributed by atoms with Crippen molar-refractivity contribution in [2.75, 3.05) is 6.54 Å². The minimum atomic E-state index is -1.000. The average molecular weight is 294 g/mol. The van der Waals surface area contributed by atoms with Crippen LogP contribution in [0, 0.1) is 23.0 Å². The van der Waals surface area contributed by atoms with Gasteiger partial charge in [-0.25, -0.2) is 0 Å². The largest absolute Gasteiger partial charge is 0.388 e. The number of aryl methyl sites for hydroxylation is 1. The van der Waals surface area contributed by atoms with Crippen molar-refractivity contribution in [3.05, 3.63) is 39.4 Å². The first-order valence-electron chi connectivity index (χ1n) is 6.88. The zero-order valence-corrected chi connectivity index (χ0v) is 12.8. The van der Waals surface area contributed by atoms with Crippen molar-refractivity contribution < 1.29 is 14.8 Å². The third kappa shape index (κ3) is 5.15. The zero-order chi connectivity index (χ0) is 16.2. The molecule has 0 saturated heterocycles. The number of carbonyl (C=O) groups excluding carboxylic acids is 1. The summed E-state index contributed by atoms with van der Waals surface area (Å²) in [5.41, 5.74) is -0.368. The van der Waals surface area contributed by atoms with E-state index in [-0.39, 0.29) is 17.8 Å². The highest BCUT2D eigenvalue weighted by Crippen LogP contribution is 2.20. The van der Waals surface area contributed by atoms with Crippen molar-refractivity contribution in [2.24, 2.45) is 5.92 Å². The molecule has 1 amide bonds. The molecular weight excluding hydrogens is 272 g/mol. The Hall–Kier alpha value is -1.95. The fourth-order valence-corrected chi connectivity index (χ4v) is 2.27. The smallest absolute Gasteiger partial charge is 0.273 e. The van der Waals surface area contributed by atoms with E-state index in [0.29, 0.717) is 17.9 Å². The molecule has 1 unspecified atom stereocenters. The Morgan fingerprint density at radius 2 is 2.10 bits per heavy atom. The topological polar surface area (TPSA) is 92.5 Å². The molecule has 6 heteroatoms. The Morgan fingerprint density at radius 3 is 2.62 bits per heavy atom. The van der Waals surface area contributed by atoms with Gasteiger partial charge in [-0.05, 0) is 32.3 Å². The summed E-state index contributed by atoms with van der Waals surface area (Å²) < 4.78 is 0. The number of nitrogens with zero attached hydrogens (tertiary/aromatic N) is 1. The standard InChI is InChI=1S/C15H22N2O4/c1-10(2)8-15(4,19)9-16-14(18)12-6-5-11(3)13(7-12)17(20)21/h5-7,10,19H,8-9H2,1-4H3,(H,16,18). The molecule has 0 aliphatic carbocycles. The highest BCUT2D eigenvalue weighted by molar-refractivity contribution is 5.95. The van der Waals surface area contributed by atoms with E-state index >= 15 is 0 Å². The number of rotatable bonds is 6. The van der Waals surface area contributed by atoms with Gasteiger partial charge in [-0.3, -0.25) is 14.9 Å². The second kappa shape index (κ2) is 6.67. The van der Waals surface area contributed by atoms with Crippen LogP contribution < -0.4 is 5.32 Å². The maximum atomic E-state index is 12.0. The molecule has 0 aliphatic rings. The lowest BCUT2D eigenvalue weighted by Crippen LogP contribution is -2.41. The van der Waals surface area contributed by atoms with Gasteiger partial charge < -0.3 is 10.4 Å². The molecule has 116 valence electrons. The number of amides is 1. The van der Waals surface area contributed by atoms with Crippen LogP contribution in [-0.4, -0.2) is 28.1 Å². The van der Waals surface area contributed by atoms with Crippen molar-refractivity contribution in [2.45, 2.75) is 39.7 Å². The Labute approximate surface area is 124 Å². The first-order valence-corrected chi connectivity index (χ1v) is 6.88. The van der Waals surface area contributed by atoms with Crippen molar-refractivity contribution in [3.8, 4) is 0 Å². The third-order valence-corrected chi connectivity index (χ3v) is 3.15. The summed E-state index contributed by atoms with van der Waals surface area (Å²) in [5, 5.41) is 23.6. The van der Waals surface area contributed by atoms with Gasteiger partial charge in [0.15, 0.2) is 0 Å². The number of benzene rings is 1. The SMILES string of the molecule is Cc1ccc(C(=O)NCC(C)(O)CC(C)C)cc1[N+](=O)[O-]. The van der Waals surface area contributed by atoms with E-state index in [1.165, 1.54) is 12.1 Å². The van der Waals surface area contributed by atoms with E-state index in [4.69, 9.17) is 0 Å². The van der Waals surface area contributed by atoms with Gasteiger partial charge in [-0.1, -0.05) is 19.9 Å². The molecule has 21 heavy (non-hydrogen) atoms. The van der Waals surface area contributed by atoms with Gasteiger partial charge in [0, 0.05) is 23.7 Å². The monoisotopic (exact) mass is 294 g/mol. The molecule has 1 aromatic carbocycles. The maximum absolute atomic E-state index is 12.0. The summed E-state index contributed by atoms with van der Waals surface area (Å²) in [4.78, 5) is 22.4. The number of hydrogen-bond acceptors (Lipinski definition) is 4. The minimum Gasteiger partial charge on any atom is -0.388 e. The second-order valence-corrected chi connectivity index (χ2v) is 6.04. The molecule has 0 bridgehead atoms. The molecule has 0 aliphatic heterocycles. The Morgan fingerprint density at radius 1 is 1.48 bits per heavy atom. The van der Waals surface area contributed by atoms with Crippen LogP contribution in [0.5, 0.6) is 0 Å². The molecule has 1 aromatic rings. The number of nitrogens with one attached hydrogen (secondary N) is 1. The molecule has 0 aromatic heterocycles. The predicted molar refractivity (Wildman–Crippen MR) is 80.2 cm³/mol. The second-order valence-electron chi connectivity index (χ2n) is 6.04. The maximum Gasteiger partial charge on any atom is 0.273 e. The Kier molecular flexibility index (Phi) is 5.43.